The van der Waals surface area contributed by atoms with Gasteiger partial charge in [-0.1, -0.05) is 30.0 Å². The SMILES string of the molecule is S.[C-]#[N+]c1ccc(N2C(=O)[C@@](C)(CCc3ccc(F)cc3)N=C2SC)cc1C. The van der Waals surface area contributed by atoms with Crippen LogP contribution in [0, 0.1) is 19.3 Å². The molecule has 2 aromatic carbocycles. The fourth-order valence-corrected chi connectivity index (χ4v) is 3.77. The lowest BCUT2D eigenvalue weighted by atomic mass is 9.93. The van der Waals surface area contributed by atoms with Crippen molar-refractivity contribution in [3.8, 4) is 0 Å². The van der Waals surface area contributed by atoms with E-state index in [9.17, 15) is 9.18 Å². The molecule has 4 nitrogen and oxygen atoms in total. The van der Waals surface area contributed by atoms with Crippen LogP contribution in [0.2, 0.25) is 0 Å². The molecule has 0 aromatic heterocycles. The highest BCUT2D eigenvalue weighted by atomic mass is 32.2. The largest absolute Gasteiger partial charge is 0.271 e. The first kappa shape index (κ1) is 22.0. The summed E-state index contributed by atoms with van der Waals surface area (Å²) in [4.78, 5) is 23.0. The van der Waals surface area contributed by atoms with Crippen LogP contribution in [0.3, 0.4) is 0 Å². The van der Waals surface area contributed by atoms with Crippen molar-refractivity contribution in [3.05, 3.63) is 70.8 Å². The van der Waals surface area contributed by atoms with Crippen molar-refractivity contribution in [2.45, 2.75) is 32.2 Å². The summed E-state index contributed by atoms with van der Waals surface area (Å²) < 4.78 is 13.1. The summed E-state index contributed by atoms with van der Waals surface area (Å²) in [6, 6.07) is 11.7. The Morgan fingerprint density at radius 1 is 1.25 bits per heavy atom. The van der Waals surface area contributed by atoms with Crippen LogP contribution in [0.5, 0.6) is 0 Å². The monoisotopic (exact) mass is 415 g/mol. The molecule has 0 spiro atoms. The van der Waals surface area contributed by atoms with Gasteiger partial charge in [0.25, 0.3) is 5.91 Å². The first-order valence-electron chi connectivity index (χ1n) is 8.59. The van der Waals surface area contributed by atoms with E-state index >= 15 is 0 Å². The van der Waals surface area contributed by atoms with Gasteiger partial charge in [0.15, 0.2) is 10.9 Å². The minimum Gasteiger partial charge on any atom is -0.271 e. The lowest BCUT2D eigenvalue weighted by molar-refractivity contribution is -0.121. The zero-order valence-electron chi connectivity index (χ0n) is 16.0. The van der Waals surface area contributed by atoms with Gasteiger partial charge in [0.05, 0.1) is 6.57 Å². The highest BCUT2D eigenvalue weighted by molar-refractivity contribution is 8.13. The Balaban J connectivity index is 0.00000280. The second-order valence-corrected chi connectivity index (χ2v) is 7.50. The van der Waals surface area contributed by atoms with Crippen LogP contribution in [0.15, 0.2) is 47.5 Å². The highest BCUT2D eigenvalue weighted by Crippen LogP contribution is 2.35. The van der Waals surface area contributed by atoms with Gasteiger partial charge in [-0.2, -0.15) is 13.5 Å². The number of rotatable bonds is 4. The van der Waals surface area contributed by atoms with Crippen molar-refractivity contribution in [1.29, 1.82) is 0 Å². The van der Waals surface area contributed by atoms with E-state index in [0.29, 0.717) is 23.7 Å². The lowest BCUT2D eigenvalue weighted by Gasteiger charge is -2.23. The van der Waals surface area contributed by atoms with Gasteiger partial charge in [-0.3, -0.25) is 9.69 Å². The highest BCUT2D eigenvalue weighted by Gasteiger charge is 2.44. The van der Waals surface area contributed by atoms with E-state index < -0.39 is 5.54 Å². The molecule has 1 atom stereocenters. The van der Waals surface area contributed by atoms with E-state index in [-0.39, 0.29) is 25.2 Å². The van der Waals surface area contributed by atoms with Crippen molar-refractivity contribution in [1.82, 2.24) is 0 Å². The summed E-state index contributed by atoms with van der Waals surface area (Å²) in [6.45, 7) is 10.9. The number of amidine groups is 1. The van der Waals surface area contributed by atoms with Crippen LogP contribution in [0.1, 0.15) is 24.5 Å². The van der Waals surface area contributed by atoms with Gasteiger partial charge in [-0.05, 0) is 68.3 Å². The fourth-order valence-electron chi connectivity index (χ4n) is 3.11. The van der Waals surface area contributed by atoms with Crippen molar-refractivity contribution in [2.24, 2.45) is 4.99 Å². The van der Waals surface area contributed by atoms with E-state index in [1.165, 1.54) is 23.9 Å². The summed E-state index contributed by atoms with van der Waals surface area (Å²) in [5.74, 6) is -0.349. The molecule has 1 heterocycles. The molecule has 0 saturated carbocycles. The second-order valence-electron chi connectivity index (χ2n) is 6.72. The van der Waals surface area contributed by atoms with Crippen LogP contribution in [-0.2, 0) is 11.2 Å². The molecule has 7 heteroatoms. The molecule has 0 saturated heterocycles. The molecule has 0 N–H and O–H groups in total. The van der Waals surface area contributed by atoms with E-state index in [4.69, 9.17) is 11.6 Å². The topological polar surface area (TPSA) is 37.0 Å². The normalized spacial score (nSPS) is 18.5. The smallest absolute Gasteiger partial charge is 0.260 e. The Morgan fingerprint density at radius 3 is 2.50 bits per heavy atom. The predicted octanol–water partition coefficient (Wildman–Crippen LogP) is 5.25. The second kappa shape index (κ2) is 8.80. The molecule has 28 heavy (non-hydrogen) atoms. The van der Waals surface area contributed by atoms with E-state index in [1.54, 1.807) is 29.2 Å². The average Bonchev–Trinajstić information content (AvgIpc) is 2.92. The van der Waals surface area contributed by atoms with Crippen LogP contribution in [0.4, 0.5) is 15.8 Å². The van der Waals surface area contributed by atoms with Gasteiger partial charge in [-0.15, -0.1) is 0 Å². The van der Waals surface area contributed by atoms with Gasteiger partial charge in [0.1, 0.15) is 11.4 Å². The van der Waals surface area contributed by atoms with Gasteiger partial charge in [0, 0.05) is 5.69 Å². The first-order valence-corrected chi connectivity index (χ1v) is 9.81. The van der Waals surface area contributed by atoms with Crippen molar-refractivity contribution in [3.63, 3.8) is 0 Å². The maximum atomic E-state index is 13.2. The van der Waals surface area contributed by atoms with Gasteiger partial charge in [-0.25, -0.2) is 14.2 Å². The number of aryl methyl sites for hydroxylation is 2. The summed E-state index contributed by atoms with van der Waals surface area (Å²) in [5, 5.41) is 0.650. The van der Waals surface area contributed by atoms with Crippen LogP contribution in [0.25, 0.3) is 4.85 Å². The van der Waals surface area contributed by atoms with Crippen molar-refractivity contribution in [2.75, 3.05) is 11.2 Å². The molecule has 1 amide bonds. The van der Waals surface area contributed by atoms with Gasteiger partial charge < -0.3 is 0 Å². The predicted molar refractivity (Wildman–Crippen MR) is 119 cm³/mol. The molecule has 0 radical (unpaired) electrons. The van der Waals surface area contributed by atoms with Crippen molar-refractivity contribution < 1.29 is 9.18 Å². The Hall–Kier alpha value is -2.30. The van der Waals surface area contributed by atoms with Gasteiger partial charge >= 0.3 is 0 Å². The molecule has 0 bridgehead atoms. The van der Waals surface area contributed by atoms with E-state index in [0.717, 1.165) is 16.8 Å². The molecule has 0 fully saturated rings. The quantitative estimate of drug-likeness (QED) is 0.639. The number of benzene rings is 2. The third-order valence-corrected chi connectivity index (χ3v) is 5.39. The fraction of sp³-hybridized carbons (Fsp3) is 0.286. The van der Waals surface area contributed by atoms with Crippen molar-refractivity contribution >= 4 is 47.7 Å². The Kier molecular flexibility index (Phi) is 6.91. The first-order chi connectivity index (χ1) is 12.9. The number of carbonyl (C=O) groups excluding carboxylic acids is 1. The Labute approximate surface area is 176 Å². The number of halogens is 1. The summed E-state index contributed by atoms with van der Waals surface area (Å²) >= 11 is 1.43. The van der Waals surface area contributed by atoms with Gasteiger partial charge in [0.2, 0.25) is 0 Å². The molecule has 146 valence electrons. The number of hydrogen-bond donors (Lipinski definition) is 0. The molecule has 0 unspecified atom stereocenters. The number of aliphatic imine (C=N–C) groups is 1. The number of nitrogens with zero attached hydrogens (tertiary/aromatic N) is 3. The number of hydrogen-bond acceptors (Lipinski definition) is 3. The molecular weight excluding hydrogens is 393 g/mol. The minimum atomic E-state index is -0.862. The maximum absolute atomic E-state index is 13.2. The molecule has 0 aliphatic carbocycles. The summed E-state index contributed by atoms with van der Waals surface area (Å²) in [6.07, 6.45) is 3.07. The Morgan fingerprint density at radius 2 is 1.93 bits per heavy atom. The lowest BCUT2D eigenvalue weighted by Crippen LogP contribution is -2.40. The van der Waals surface area contributed by atoms with E-state index in [2.05, 4.69) is 4.85 Å². The molecular formula is C21H22FN3OS2. The molecule has 1 aliphatic rings. The van der Waals surface area contributed by atoms with Crippen LogP contribution < -0.4 is 4.90 Å². The van der Waals surface area contributed by atoms with E-state index in [1.807, 2.05) is 26.2 Å². The van der Waals surface area contributed by atoms with Crippen LogP contribution in [-0.4, -0.2) is 22.9 Å². The maximum Gasteiger partial charge on any atom is 0.260 e. The Bertz CT molecular complexity index is 953. The number of thioether (sulfide) groups is 1. The third-order valence-electron chi connectivity index (χ3n) is 4.75. The average molecular weight is 416 g/mol. The summed E-state index contributed by atoms with van der Waals surface area (Å²) in [5.41, 5.74) is 2.24. The standard InChI is InChI=1S/C21H20FN3OS.H2S/c1-14-13-17(9-10-18(14)23-3)25-19(26)21(2,24-20(25)27-4)12-11-15-5-7-16(22)8-6-15;/h5-10,13H,11-12H2,1-2,4H3;1H2/t21-;/m1./s1. The molecule has 3 rings (SSSR count). The number of anilines is 1. The zero-order chi connectivity index (χ0) is 19.6. The summed E-state index contributed by atoms with van der Waals surface area (Å²) in [7, 11) is 0. The van der Waals surface area contributed by atoms with Crippen LogP contribution >= 0.6 is 25.3 Å². The zero-order valence-corrected chi connectivity index (χ0v) is 17.8. The third kappa shape index (κ3) is 4.23. The number of amides is 1. The molecule has 1 aliphatic heterocycles. The minimum absolute atomic E-state index is 0. The molecule has 2 aromatic rings. The number of carbonyl (C=O) groups is 1.